The third-order valence-corrected chi connectivity index (χ3v) is 16.4. The zero-order valence-corrected chi connectivity index (χ0v) is 45.4. The molecule has 1 fully saturated rings. The van der Waals surface area contributed by atoms with E-state index in [1.807, 2.05) is 186 Å². The highest BCUT2D eigenvalue weighted by molar-refractivity contribution is 6.24. The third kappa shape index (κ3) is 8.44. The fourth-order valence-corrected chi connectivity index (χ4v) is 12.5. The van der Waals surface area contributed by atoms with E-state index >= 15 is 4.79 Å². The van der Waals surface area contributed by atoms with Gasteiger partial charge in [0.25, 0.3) is 11.5 Å². The number of hydrazone groups is 1. The van der Waals surface area contributed by atoms with Crippen molar-refractivity contribution < 1.29 is 9.59 Å². The van der Waals surface area contributed by atoms with E-state index in [-0.39, 0.29) is 23.9 Å². The number of rotatable bonds is 16. The maximum Gasteiger partial charge on any atom is 0.261 e. The molecule has 2 aliphatic heterocycles. The summed E-state index contributed by atoms with van der Waals surface area (Å²) in [5, 5.41) is 21.6. The quantitative estimate of drug-likeness (QED) is 0.0690. The number of aryl methyl sites for hydroxylation is 1. The van der Waals surface area contributed by atoms with Crippen LogP contribution in [0.2, 0.25) is 0 Å². The summed E-state index contributed by atoms with van der Waals surface area (Å²) in [5.74, 6) is -0.366. The minimum absolute atomic E-state index is 0.205. The van der Waals surface area contributed by atoms with Crippen molar-refractivity contribution in [3.05, 3.63) is 309 Å². The fraction of sp³-hybridized carbons (Fsp3) is 0.143. The van der Waals surface area contributed by atoms with Crippen molar-refractivity contribution in [3.63, 3.8) is 0 Å². The molecule has 12 nitrogen and oxygen atoms in total. The van der Waals surface area contributed by atoms with Crippen LogP contribution in [-0.4, -0.2) is 70.3 Å². The van der Waals surface area contributed by atoms with Gasteiger partial charge in [0.2, 0.25) is 5.91 Å². The first kappa shape index (κ1) is 51.3. The van der Waals surface area contributed by atoms with Gasteiger partial charge < -0.3 is 0 Å². The zero-order chi connectivity index (χ0) is 55.8. The summed E-state index contributed by atoms with van der Waals surface area (Å²) in [7, 11) is 1.54. The van der Waals surface area contributed by atoms with Crippen molar-refractivity contribution >= 4 is 28.4 Å². The van der Waals surface area contributed by atoms with Crippen molar-refractivity contribution in [1.29, 1.82) is 0 Å². The Labute approximate surface area is 475 Å². The highest BCUT2D eigenvalue weighted by Gasteiger charge is 2.61. The van der Waals surface area contributed by atoms with Gasteiger partial charge in [0.1, 0.15) is 28.9 Å². The lowest BCUT2D eigenvalue weighted by Gasteiger charge is -2.44. The lowest BCUT2D eigenvalue weighted by Crippen LogP contribution is -2.52. The van der Waals surface area contributed by atoms with E-state index in [9.17, 15) is 9.59 Å². The maximum atomic E-state index is 15.3. The number of nitrogens with zero attached hydrogens (tertiary/aromatic N) is 9. The number of hydrogen-bond acceptors (Lipinski definition) is 9. The molecule has 4 heterocycles. The second-order valence-electron chi connectivity index (χ2n) is 21.0. The molecule has 9 aromatic carbocycles. The first-order valence-electron chi connectivity index (χ1n) is 27.9. The molecule has 0 saturated carbocycles. The van der Waals surface area contributed by atoms with E-state index in [2.05, 4.69) is 84.9 Å². The number of likely N-dealkylation sites (N-methyl/N-ethyl adjacent to an activating group) is 1. The molecule has 0 N–H and O–H groups in total. The molecule has 13 rings (SSSR count). The van der Waals surface area contributed by atoms with Crippen LogP contribution in [0.3, 0.4) is 0 Å². The van der Waals surface area contributed by atoms with Crippen molar-refractivity contribution in [2.75, 3.05) is 7.05 Å². The predicted molar refractivity (Wildman–Crippen MR) is 320 cm³/mol. The second kappa shape index (κ2) is 21.5. The SMILES string of the molecule is CCCCc1nc2ccc(C3=NN(C(c4ccccc4)(c4ccccc4)c4ccccc4)[C@@H]4C(=O)N(C)C(=O)[C@H]34)cc2c(=O)n1Cc1ccc(-c2ccccc2-c2nnnn2C(c2ccccc2)(c2ccccc2)c2ccccc2)cc1. The van der Waals surface area contributed by atoms with Gasteiger partial charge in [-0.1, -0.05) is 250 Å². The largest absolute Gasteiger partial charge is 0.292 e. The number of tetrazole rings is 1. The molecular weight excluding hydrogens is 1010 g/mol. The Morgan fingerprint density at radius 3 is 1.50 bits per heavy atom. The van der Waals surface area contributed by atoms with Gasteiger partial charge in [0.05, 0.1) is 23.2 Å². The van der Waals surface area contributed by atoms with E-state index in [1.54, 1.807) is 11.6 Å². The van der Waals surface area contributed by atoms with Gasteiger partial charge in [-0.3, -0.25) is 28.9 Å². The summed E-state index contributed by atoms with van der Waals surface area (Å²) in [5.41, 5.74) is 8.54. The lowest BCUT2D eigenvalue weighted by atomic mass is 9.75. The number of likely N-dealkylation sites (tertiary alicyclic amines) is 1. The average molecular weight is 1070 g/mol. The number of carbonyl (C=O) groups excluding carboxylic acids is 2. The Kier molecular flexibility index (Phi) is 13.4. The van der Waals surface area contributed by atoms with Gasteiger partial charge in [-0.05, 0) is 84.6 Å². The van der Waals surface area contributed by atoms with E-state index in [0.29, 0.717) is 40.2 Å². The van der Waals surface area contributed by atoms with E-state index in [0.717, 1.165) is 68.5 Å². The predicted octanol–water partition coefficient (Wildman–Crippen LogP) is 11.9. The summed E-state index contributed by atoms with van der Waals surface area (Å²) >= 11 is 0. The van der Waals surface area contributed by atoms with Crippen LogP contribution in [0.25, 0.3) is 33.4 Å². The number of benzene rings is 9. The van der Waals surface area contributed by atoms with Gasteiger partial charge in [-0.2, -0.15) is 5.10 Å². The maximum absolute atomic E-state index is 15.3. The Hall–Kier alpha value is -10.2. The number of carbonyl (C=O) groups is 2. The lowest BCUT2D eigenvalue weighted by molar-refractivity contribution is -0.138. The van der Waals surface area contributed by atoms with Crippen molar-refractivity contribution in [1.82, 2.24) is 39.7 Å². The zero-order valence-electron chi connectivity index (χ0n) is 45.4. The molecule has 2 aromatic heterocycles. The molecule has 11 aromatic rings. The topological polar surface area (TPSA) is 131 Å². The summed E-state index contributed by atoms with van der Waals surface area (Å²) in [6.07, 6.45) is 2.37. The molecule has 0 radical (unpaired) electrons. The molecule has 1 saturated heterocycles. The number of imide groups is 1. The minimum atomic E-state index is -1.14. The summed E-state index contributed by atoms with van der Waals surface area (Å²) in [6.45, 7) is 2.40. The highest BCUT2D eigenvalue weighted by atomic mass is 16.2. The van der Waals surface area contributed by atoms with Gasteiger partial charge in [-0.15, -0.1) is 5.10 Å². The van der Waals surface area contributed by atoms with E-state index in [1.165, 1.54) is 4.90 Å². The first-order valence-corrected chi connectivity index (χ1v) is 27.9. The van der Waals surface area contributed by atoms with Crippen LogP contribution in [-0.2, 0) is 33.6 Å². The minimum Gasteiger partial charge on any atom is -0.292 e. The molecule has 2 aliphatic rings. The van der Waals surface area contributed by atoms with Crippen LogP contribution in [0, 0.1) is 5.92 Å². The molecule has 12 heteroatoms. The molecule has 0 unspecified atom stereocenters. The monoisotopic (exact) mass is 1070 g/mol. The first-order chi connectivity index (χ1) is 40.3. The van der Waals surface area contributed by atoms with Gasteiger partial charge in [0, 0.05) is 19.0 Å². The molecule has 82 heavy (non-hydrogen) atoms. The van der Waals surface area contributed by atoms with Gasteiger partial charge in [0.15, 0.2) is 5.82 Å². The number of amides is 2. The standard InChI is InChI=1S/C70H57N9O3/c1-3-4-39-61-71-60-45-44-50(63-62-64(68(82)76(2)67(62)81)78(73-63)69(51-25-11-5-12-26-51,52-27-13-6-14-28-52)53-29-15-7-16-30-53)46-59(60)66(80)77(61)47-48-40-42-49(43-41-48)57-37-23-24-38-58(57)65-72-74-75-79(65)70(54-31-17-8-18-32-54,55-33-19-9-20-34-55)56-35-21-10-22-36-56/h5-38,40-46,62,64H,3-4,39,47H2,1-2H3/t62-,64+/m1/s1. The molecule has 400 valence electrons. The average Bonchev–Trinajstić information content (AvgIpc) is 2.98. The van der Waals surface area contributed by atoms with Gasteiger partial charge >= 0.3 is 0 Å². The molecule has 0 bridgehead atoms. The van der Waals surface area contributed by atoms with E-state index in [4.69, 9.17) is 20.4 Å². The normalized spacial score (nSPS) is 15.3. The number of hydrogen-bond donors (Lipinski definition) is 0. The van der Waals surface area contributed by atoms with Crippen molar-refractivity contribution in [3.8, 4) is 22.5 Å². The fourth-order valence-electron chi connectivity index (χ4n) is 12.5. The second-order valence-corrected chi connectivity index (χ2v) is 21.0. The van der Waals surface area contributed by atoms with E-state index < -0.39 is 23.0 Å². The molecular formula is C70H57N9O3. The van der Waals surface area contributed by atoms with Crippen LogP contribution < -0.4 is 5.56 Å². The third-order valence-electron chi connectivity index (χ3n) is 16.4. The van der Waals surface area contributed by atoms with Crippen LogP contribution in [0.5, 0.6) is 0 Å². The molecule has 2 amide bonds. The van der Waals surface area contributed by atoms with Crippen molar-refractivity contribution in [2.45, 2.75) is 49.9 Å². The van der Waals surface area contributed by atoms with Crippen molar-refractivity contribution in [2.24, 2.45) is 11.0 Å². The summed E-state index contributed by atoms with van der Waals surface area (Å²) < 4.78 is 3.73. The Bertz CT molecular complexity index is 4020. The molecule has 2 atom stereocenters. The number of unbranched alkanes of at least 4 members (excludes halogenated alkanes) is 1. The van der Waals surface area contributed by atoms with Crippen LogP contribution >= 0.6 is 0 Å². The molecule has 0 spiro atoms. The van der Waals surface area contributed by atoms with Crippen LogP contribution in [0.15, 0.2) is 259 Å². The Morgan fingerprint density at radius 1 is 0.512 bits per heavy atom. The highest BCUT2D eigenvalue weighted by Crippen LogP contribution is 2.50. The molecule has 0 aliphatic carbocycles. The number of fused-ring (bicyclic) bond motifs is 2. The Morgan fingerprint density at radius 2 is 0.988 bits per heavy atom. The van der Waals surface area contributed by atoms with Gasteiger partial charge in [-0.25, -0.2) is 9.67 Å². The summed E-state index contributed by atoms with van der Waals surface area (Å²) in [4.78, 5) is 50.8. The Balaban J connectivity index is 0.894. The van der Waals surface area contributed by atoms with Crippen LogP contribution in [0.4, 0.5) is 0 Å². The number of aromatic nitrogens is 6. The smallest absolute Gasteiger partial charge is 0.261 e. The summed E-state index contributed by atoms with van der Waals surface area (Å²) in [6, 6.07) is 82.2. The van der Waals surface area contributed by atoms with Crippen LogP contribution in [0.1, 0.15) is 70.1 Å².